The molecule has 2 unspecified atom stereocenters. The van der Waals surface area contributed by atoms with Gasteiger partial charge in [-0.1, -0.05) is 11.6 Å². The Morgan fingerprint density at radius 2 is 1.82 bits per heavy atom. The number of rotatable bonds is 6. The predicted octanol–water partition coefficient (Wildman–Crippen LogP) is 4.43. The van der Waals surface area contributed by atoms with Crippen LogP contribution in [-0.2, 0) is 0 Å². The Bertz CT molecular complexity index is 423. The maximum atomic E-state index is 10.9. The van der Waals surface area contributed by atoms with Crippen LogP contribution >= 0.6 is 0 Å². The highest BCUT2D eigenvalue weighted by molar-refractivity contribution is 5.11. The first-order valence-electron chi connectivity index (χ1n) is 9.42. The molecule has 2 nitrogen and oxygen atoms in total. The minimum absolute atomic E-state index is 0.328. The lowest BCUT2D eigenvalue weighted by Crippen LogP contribution is -2.61. The highest BCUT2D eigenvalue weighted by Gasteiger charge is 2.58. The third-order valence-corrected chi connectivity index (χ3v) is 6.68. The van der Waals surface area contributed by atoms with Crippen LogP contribution < -0.4 is 5.32 Å². The van der Waals surface area contributed by atoms with Crippen molar-refractivity contribution in [1.82, 2.24) is 5.32 Å². The van der Waals surface area contributed by atoms with Gasteiger partial charge in [-0.2, -0.15) is 0 Å². The van der Waals surface area contributed by atoms with Crippen LogP contribution in [0.15, 0.2) is 11.6 Å². The van der Waals surface area contributed by atoms with Crippen LogP contribution in [0.3, 0.4) is 0 Å². The molecule has 4 fully saturated rings. The summed E-state index contributed by atoms with van der Waals surface area (Å²) in [4.78, 5) is 0. The summed E-state index contributed by atoms with van der Waals surface area (Å²) in [5.74, 6) is 1.58. The van der Waals surface area contributed by atoms with E-state index >= 15 is 0 Å². The number of hydrogen-bond acceptors (Lipinski definition) is 2. The van der Waals surface area contributed by atoms with Crippen molar-refractivity contribution in [3.63, 3.8) is 0 Å². The van der Waals surface area contributed by atoms with Gasteiger partial charge in [0.05, 0.1) is 5.60 Å². The molecule has 0 aromatic rings. The van der Waals surface area contributed by atoms with Crippen molar-refractivity contribution in [1.29, 1.82) is 0 Å². The molecule has 0 aliphatic heterocycles. The molecular weight excluding hydrogens is 270 g/mol. The Kier molecular flexibility index (Phi) is 4.46. The van der Waals surface area contributed by atoms with E-state index in [2.05, 4.69) is 39.1 Å². The fraction of sp³-hybridized carbons (Fsp3) is 0.900. The van der Waals surface area contributed by atoms with Gasteiger partial charge >= 0.3 is 0 Å². The summed E-state index contributed by atoms with van der Waals surface area (Å²) >= 11 is 0. The van der Waals surface area contributed by atoms with Crippen LogP contribution in [0.4, 0.5) is 0 Å². The maximum Gasteiger partial charge on any atom is 0.0659 e. The van der Waals surface area contributed by atoms with E-state index in [1.54, 1.807) is 0 Å². The lowest BCUT2D eigenvalue weighted by Gasteiger charge is -2.62. The summed E-state index contributed by atoms with van der Waals surface area (Å²) in [6.45, 7) is 9.06. The first-order chi connectivity index (χ1) is 10.3. The zero-order valence-electron chi connectivity index (χ0n) is 15.0. The molecule has 4 saturated carbocycles. The Morgan fingerprint density at radius 3 is 2.36 bits per heavy atom. The van der Waals surface area contributed by atoms with E-state index < -0.39 is 0 Å². The third kappa shape index (κ3) is 3.28. The molecular formula is C20H35NO. The van der Waals surface area contributed by atoms with E-state index in [-0.39, 0.29) is 5.60 Å². The summed E-state index contributed by atoms with van der Waals surface area (Å²) in [5, 5.41) is 14.8. The summed E-state index contributed by atoms with van der Waals surface area (Å²) < 4.78 is 0. The normalized spacial score (nSPS) is 42.2. The second-order valence-electron chi connectivity index (χ2n) is 9.20. The smallest absolute Gasteiger partial charge is 0.0659 e. The van der Waals surface area contributed by atoms with Gasteiger partial charge in [0.25, 0.3) is 0 Å². The van der Waals surface area contributed by atoms with Crippen LogP contribution in [0.1, 0.15) is 79.1 Å². The van der Waals surface area contributed by atoms with E-state index in [0.29, 0.717) is 17.5 Å². The van der Waals surface area contributed by atoms with Crippen molar-refractivity contribution >= 4 is 0 Å². The second-order valence-corrected chi connectivity index (χ2v) is 9.20. The van der Waals surface area contributed by atoms with Crippen molar-refractivity contribution in [3.05, 3.63) is 11.6 Å². The largest absolute Gasteiger partial charge is 0.390 e. The van der Waals surface area contributed by atoms with Crippen LogP contribution in [0.5, 0.6) is 0 Å². The molecule has 2 heteroatoms. The molecule has 6 atom stereocenters. The molecule has 22 heavy (non-hydrogen) atoms. The van der Waals surface area contributed by atoms with E-state index in [0.717, 1.165) is 31.1 Å². The minimum Gasteiger partial charge on any atom is -0.390 e. The van der Waals surface area contributed by atoms with Crippen molar-refractivity contribution in [2.45, 2.75) is 96.7 Å². The van der Waals surface area contributed by atoms with Crippen molar-refractivity contribution in [2.24, 2.45) is 17.3 Å². The molecule has 2 N–H and O–H groups in total. The van der Waals surface area contributed by atoms with Crippen LogP contribution in [-0.4, -0.2) is 22.8 Å². The van der Waals surface area contributed by atoms with Crippen LogP contribution in [0.2, 0.25) is 0 Å². The highest BCUT2D eigenvalue weighted by atomic mass is 16.3. The molecule has 0 amide bonds. The maximum absolute atomic E-state index is 10.9. The SMILES string of the molecule is CC(C)=CCC[C@@H](C)N[C@H](C)C12C[C@@H]3C[C@@H](CC(O)(C3)C1)C2. The highest BCUT2D eigenvalue weighted by Crippen LogP contribution is 2.62. The molecule has 4 rings (SSSR count). The average molecular weight is 306 g/mol. The molecule has 0 aromatic heterocycles. The summed E-state index contributed by atoms with van der Waals surface area (Å²) in [6.07, 6.45) is 12.0. The Balaban J connectivity index is 1.60. The molecule has 126 valence electrons. The molecule has 4 aliphatic carbocycles. The third-order valence-electron chi connectivity index (χ3n) is 6.68. The number of allylic oxidation sites excluding steroid dienone is 2. The van der Waals surface area contributed by atoms with Gasteiger partial charge in [-0.25, -0.2) is 0 Å². The van der Waals surface area contributed by atoms with E-state index in [1.807, 2.05) is 0 Å². The first-order valence-corrected chi connectivity index (χ1v) is 9.42. The standard InChI is InChI=1S/C20H35NO/c1-14(2)6-5-7-15(3)21-16(4)19-9-17-8-18(10-19)12-20(22,11-17)13-19/h6,15-18,21-22H,5,7-13H2,1-4H3/t15-,16-,17-,18+,19?,20?/m1/s1. The van der Waals surface area contributed by atoms with Crippen molar-refractivity contribution < 1.29 is 5.11 Å². The van der Waals surface area contributed by atoms with Crippen molar-refractivity contribution in [2.75, 3.05) is 0 Å². The fourth-order valence-corrected chi connectivity index (χ4v) is 6.10. The quantitative estimate of drug-likeness (QED) is 0.711. The van der Waals surface area contributed by atoms with Gasteiger partial charge in [0, 0.05) is 12.1 Å². The molecule has 0 saturated heterocycles. The van der Waals surface area contributed by atoms with Crippen molar-refractivity contribution in [3.8, 4) is 0 Å². The fourth-order valence-electron chi connectivity index (χ4n) is 6.10. The van der Waals surface area contributed by atoms with E-state index in [1.165, 1.54) is 37.7 Å². The zero-order chi connectivity index (χ0) is 16.0. The Labute approximate surface area is 136 Å². The second kappa shape index (κ2) is 5.94. The minimum atomic E-state index is -0.328. The number of aliphatic hydroxyl groups is 1. The number of hydrogen-bond donors (Lipinski definition) is 2. The molecule has 0 heterocycles. The molecule has 0 radical (unpaired) electrons. The number of nitrogens with one attached hydrogen (secondary N) is 1. The summed E-state index contributed by atoms with van der Waals surface area (Å²) in [6, 6.07) is 1.10. The zero-order valence-corrected chi connectivity index (χ0v) is 15.0. The van der Waals surface area contributed by atoms with Crippen LogP contribution in [0.25, 0.3) is 0 Å². The van der Waals surface area contributed by atoms with Crippen LogP contribution in [0, 0.1) is 17.3 Å². The first kappa shape index (κ1) is 16.5. The van der Waals surface area contributed by atoms with Gasteiger partial charge < -0.3 is 10.4 Å². The Hall–Kier alpha value is -0.340. The van der Waals surface area contributed by atoms with Gasteiger partial charge in [-0.15, -0.1) is 0 Å². The summed E-state index contributed by atoms with van der Waals surface area (Å²) in [7, 11) is 0. The van der Waals surface area contributed by atoms with Gasteiger partial charge in [-0.3, -0.25) is 0 Å². The topological polar surface area (TPSA) is 32.3 Å². The van der Waals surface area contributed by atoms with Gasteiger partial charge in [0.1, 0.15) is 0 Å². The molecule has 0 spiro atoms. The lowest BCUT2D eigenvalue weighted by atomic mass is 9.46. The van der Waals surface area contributed by atoms with Gasteiger partial charge in [0.15, 0.2) is 0 Å². The average Bonchev–Trinajstić information content (AvgIpc) is 2.34. The molecule has 0 aromatic carbocycles. The monoisotopic (exact) mass is 305 g/mol. The Morgan fingerprint density at radius 1 is 1.18 bits per heavy atom. The van der Waals surface area contributed by atoms with E-state index in [9.17, 15) is 5.11 Å². The lowest BCUT2D eigenvalue weighted by molar-refractivity contribution is -0.172. The molecule has 4 aliphatic rings. The van der Waals surface area contributed by atoms with Gasteiger partial charge in [0.2, 0.25) is 0 Å². The molecule has 4 bridgehead atoms. The summed E-state index contributed by atoms with van der Waals surface area (Å²) in [5.41, 5.74) is 1.46. The predicted molar refractivity (Wildman–Crippen MR) is 92.8 cm³/mol. The van der Waals surface area contributed by atoms with Gasteiger partial charge in [-0.05, 0) is 96.3 Å². The van der Waals surface area contributed by atoms with E-state index in [4.69, 9.17) is 0 Å².